The van der Waals surface area contributed by atoms with Crippen LogP contribution in [0, 0.1) is 6.92 Å². The minimum Gasteiger partial charge on any atom is -0.342 e. The summed E-state index contributed by atoms with van der Waals surface area (Å²) in [5.41, 5.74) is 4.49. The van der Waals surface area contributed by atoms with Crippen LogP contribution in [0.4, 0.5) is 17.3 Å². The van der Waals surface area contributed by atoms with Gasteiger partial charge in [0.15, 0.2) is 5.78 Å². The molecule has 39 heavy (non-hydrogen) atoms. The number of nitrogens with one attached hydrogen (secondary N) is 3. The van der Waals surface area contributed by atoms with Crippen molar-refractivity contribution in [2.24, 2.45) is 0 Å². The van der Waals surface area contributed by atoms with Crippen LogP contribution in [-0.2, 0) is 29.5 Å². The molecular formula is C30H27N5O3S. The van der Waals surface area contributed by atoms with Gasteiger partial charge in [0.25, 0.3) is 0 Å². The SMILES string of the molecule is Cc1nc2c(s1)C(CC(=O)c1cc(Nc3ccc4c(c3)CC3(C4)C(=O)Nc4ncccc43)[nH]c(=O)c1)CCC2. The van der Waals surface area contributed by atoms with Crippen LogP contribution in [0.25, 0.3) is 0 Å². The van der Waals surface area contributed by atoms with Crippen molar-refractivity contribution in [3.8, 4) is 0 Å². The fraction of sp³-hybridized carbons (Fsp3) is 0.300. The fourth-order valence-corrected chi connectivity index (χ4v) is 7.55. The molecule has 2 aliphatic carbocycles. The number of fused-ring (bicyclic) bond motifs is 4. The van der Waals surface area contributed by atoms with Crippen molar-refractivity contribution in [1.29, 1.82) is 0 Å². The minimum atomic E-state index is -0.638. The molecule has 0 bridgehead atoms. The lowest BCUT2D eigenvalue weighted by Crippen LogP contribution is -2.35. The molecule has 7 rings (SSSR count). The molecule has 2 unspecified atom stereocenters. The maximum atomic E-state index is 13.3. The molecule has 0 fully saturated rings. The first kappa shape index (κ1) is 24.0. The number of aryl methyl sites for hydroxylation is 2. The Bertz CT molecular complexity index is 1720. The standard InChI is InChI=1S/C30H27N5O3S/c1-16-32-23-6-2-4-17(27(23)39-16)11-24(36)19-12-25(34-26(37)13-19)33-21-8-7-18-14-30(15-20(18)10-21)22-5-3-9-31-28(22)35-29(30)38/h3,5,7-10,12-13,17H,2,4,6,11,14-15H2,1H3,(H,31,35,38)(H2,33,34,37). The molecule has 9 heteroatoms. The molecule has 3 aromatic heterocycles. The third kappa shape index (κ3) is 4.08. The number of aromatic nitrogens is 3. The molecular weight excluding hydrogens is 510 g/mol. The summed E-state index contributed by atoms with van der Waals surface area (Å²) in [6.07, 6.45) is 6.22. The lowest BCUT2D eigenvalue weighted by molar-refractivity contribution is -0.120. The van der Waals surface area contributed by atoms with E-state index in [4.69, 9.17) is 0 Å². The van der Waals surface area contributed by atoms with E-state index in [0.717, 1.165) is 52.3 Å². The number of amides is 1. The Morgan fingerprint density at radius 3 is 2.92 bits per heavy atom. The first-order chi connectivity index (χ1) is 18.9. The third-order valence-corrected chi connectivity index (χ3v) is 9.40. The molecule has 1 spiro atoms. The van der Waals surface area contributed by atoms with E-state index in [0.29, 0.717) is 36.5 Å². The summed E-state index contributed by atoms with van der Waals surface area (Å²) >= 11 is 1.68. The highest BCUT2D eigenvalue weighted by Gasteiger charge is 2.51. The van der Waals surface area contributed by atoms with Crippen LogP contribution in [0.2, 0.25) is 0 Å². The van der Waals surface area contributed by atoms with Crippen LogP contribution in [0.1, 0.15) is 67.8 Å². The number of nitrogens with zero attached hydrogens (tertiary/aromatic N) is 2. The average Bonchev–Trinajstić information content (AvgIpc) is 3.57. The van der Waals surface area contributed by atoms with Crippen molar-refractivity contribution >= 4 is 40.4 Å². The second kappa shape index (κ2) is 8.98. The Morgan fingerprint density at radius 1 is 1.15 bits per heavy atom. The molecule has 2 atom stereocenters. The maximum Gasteiger partial charge on any atom is 0.250 e. The Labute approximate surface area is 228 Å². The molecule has 0 saturated carbocycles. The Kier molecular flexibility index (Phi) is 5.52. The molecule has 0 radical (unpaired) electrons. The van der Waals surface area contributed by atoms with Gasteiger partial charge in [-0.2, -0.15) is 0 Å². The second-order valence-corrected chi connectivity index (χ2v) is 12.0. The van der Waals surface area contributed by atoms with E-state index in [2.05, 4.69) is 25.6 Å². The van der Waals surface area contributed by atoms with E-state index in [1.54, 1.807) is 23.6 Å². The molecule has 3 aliphatic rings. The average molecular weight is 538 g/mol. The van der Waals surface area contributed by atoms with E-state index >= 15 is 0 Å². The first-order valence-corrected chi connectivity index (χ1v) is 14.1. The quantitative estimate of drug-likeness (QED) is 0.310. The summed E-state index contributed by atoms with van der Waals surface area (Å²) in [5.74, 6) is 1.20. The highest BCUT2D eigenvalue weighted by molar-refractivity contribution is 7.11. The van der Waals surface area contributed by atoms with Gasteiger partial charge in [0, 0.05) is 46.3 Å². The van der Waals surface area contributed by atoms with Crippen molar-refractivity contribution < 1.29 is 9.59 Å². The fourth-order valence-electron chi connectivity index (χ4n) is 6.44. The predicted molar refractivity (Wildman–Crippen MR) is 150 cm³/mol. The molecule has 1 aromatic carbocycles. The topological polar surface area (TPSA) is 117 Å². The number of hydrogen-bond donors (Lipinski definition) is 3. The van der Waals surface area contributed by atoms with Crippen LogP contribution < -0.4 is 16.2 Å². The number of Topliss-reactive ketones (excluding diaryl/α,β-unsaturated/α-hetero) is 1. The number of H-pyrrole nitrogens is 1. The van der Waals surface area contributed by atoms with Crippen LogP contribution in [0.15, 0.2) is 53.5 Å². The second-order valence-electron chi connectivity index (χ2n) is 10.8. The van der Waals surface area contributed by atoms with Gasteiger partial charge in [-0.1, -0.05) is 12.1 Å². The summed E-state index contributed by atoms with van der Waals surface area (Å²) in [6, 6.07) is 12.9. The van der Waals surface area contributed by atoms with Crippen LogP contribution in [0.5, 0.6) is 0 Å². The van der Waals surface area contributed by atoms with Gasteiger partial charge in [0.1, 0.15) is 11.6 Å². The summed E-state index contributed by atoms with van der Waals surface area (Å²) < 4.78 is 0. The molecule has 1 aliphatic heterocycles. The highest BCUT2D eigenvalue weighted by Crippen LogP contribution is 2.47. The largest absolute Gasteiger partial charge is 0.342 e. The summed E-state index contributed by atoms with van der Waals surface area (Å²) in [6.45, 7) is 2.01. The minimum absolute atomic E-state index is 0.0176. The van der Waals surface area contributed by atoms with Gasteiger partial charge < -0.3 is 15.6 Å². The molecule has 3 N–H and O–H groups in total. The third-order valence-electron chi connectivity index (χ3n) is 8.23. The lowest BCUT2D eigenvalue weighted by Gasteiger charge is -2.20. The van der Waals surface area contributed by atoms with Gasteiger partial charge >= 0.3 is 0 Å². The zero-order valence-electron chi connectivity index (χ0n) is 21.5. The number of rotatable bonds is 5. The molecule has 1 amide bonds. The number of thiazole rings is 1. The van der Waals surface area contributed by atoms with Gasteiger partial charge in [-0.3, -0.25) is 14.4 Å². The number of anilines is 3. The summed E-state index contributed by atoms with van der Waals surface area (Å²) in [7, 11) is 0. The lowest BCUT2D eigenvalue weighted by atomic mass is 9.79. The summed E-state index contributed by atoms with van der Waals surface area (Å²) in [4.78, 5) is 51.8. The number of hydrogen-bond acceptors (Lipinski definition) is 7. The van der Waals surface area contributed by atoms with Gasteiger partial charge in [-0.15, -0.1) is 11.3 Å². The monoisotopic (exact) mass is 537 g/mol. The van der Waals surface area contributed by atoms with E-state index in [1.165, 1.54) is 10.9 Å². The summed E-state index contributed by atoms with van der Waals surface area (Å²) in [5, 5.41) is 7.25. The van der Waals surface area contributed by atoms with E-state index in [-0.39, 0.29) is 23.2 Å². The van der Waals surface area contributed by atoms with Crippen molar-refractivity contribution in [3.63, 3.8) is 0 Å². The van der Waals surface area contributed by atoms with Crippen LogP contribution >= 0.6 is 11.3 Å². The maximum absolute atomic E-state index is 13.3. The highest BCUT2D eigenvalue weighted by atomic mass is 32.1. The number of pyridine rings is 2. The molecule has 8 nitrogen and oxygen atoms in total. The Hall–Kier alpha value is -4.11. The first-order valence-electron chi connectivity index (χ1n) is 13.3. The number of carbonyl (C=O) groups excluding carboxylic acids is 2. The van der Waals surface area contributed by atoms with Gasteiger partial charge in [-0.25, -0.2) is 9.97 Å². The zero-order valence-corrected chi connectivity index (χ0v) is 22.3. The zero-order chi connectivity index (χ0) is 26.7. The van der Waals surface area contributed by atoms with Crippen molar-refractivity contribution in [2.45, 2.75) is 56.8 Å². The normalized spacial score (nSPS) is 20.8. The van der Waals surface area contributed by atoms with E-state index in [9.17, 15) is 14.4 Å². The van der Waals surface area contributed by atoms with Crippen molar-refractivity contribution in [3.05, 3.63) is 96.8 Å². The van der Waals surface area contributed by atoms with E-state index in [1.807, 2.05) is 37.3 Å². The van der Waals surface area contributed by atoms with E-state index < -0.39 is 5.41 Å². The Morgan fingerprint density at radius 2 is 2.03 bits per heavy atom. The van der Waals surface area contributed by atoms with Crippen LogP contribution in [-0.4, -0.2) is 26.6 Å². The van der Waals surface area contributed by atoms with Crippen molar-refractivity contribution in [2.75, 3.05) is 10.6 Å². The smallest absolute Gasteiger partial charge is 0.250 e. The molecule has 196 valence electrons. The van der Waals surface area contributed by atoms with Crippen molar-refractivity contribution in [1.82, 2.24) is 15.0 Å². The molecule has 0 saturated heterocycles. The number of ketones is 1. The number of benzene rings is 1. The molecule has 4 aromatic rings. The molecule has 4 heterocycles. The Balaban J connectivity index is 1.11. The number of aromatic amines is 1. The van der Waals surface area contributed by atoms with Crippen LogP contribution in [0.3, 0.4) is 0 Å². The van der Waals surface area contributed by atoms with Gasteiger partial charge in [0.05, 0.1) is 16.1 Å². The number of carbonyl (C=O) groups is 2. The van der Waals surface area contributed by atoms with Gasteiger partial charge in [-0.05, 0) is 74.4 Å². The predicted octanol–water partition coefficient (Wildman–Crippen LogP) is 4.96. The van der Waals surface area contributed by atoms with Gasteiger partial charge in [0.2, 0.25) is 11.5 Å².